The van der Waals surface area contributed by atoms with E-state index in [2.05, 4.69) is 4.18 Å². The molecule has 0 fully saturated rings. The molecule has 1 aromatic carbocycles. The molecule has 0 bridgehead atoms. The third kappa shape index (κ3) is 3.83. The van der Waals surface area contributed by atoms with Gasteiger partial charge in [0.1, 0.15) is 11.2 Å². The first-order chi connectivity index (χ1) is 8.42. The van der Waals surface area contributed by atoms with Crippen molar-refractivity contribution in [1.29, 1.82) is 0 Å². The van der Waals surface area contributed by atoms with E-state index in [9.17, 15) is 13.0 Å². The third-order valence-electron chi connectivity index (χ3n) is 2.25. The van der Waals surface area contributed by atoms with Gasteiger partial charge in [0.25, 0.3) is 10.1 Å². The van der Waals surface area contributed by atoms with Crippen LogP contribution in [0.2, 0.25) is 0 Å². The van der Waals surface area contributed by atoms with E-state index in [-0.39, 0.29) is 4.90 Å². The van der Waals surface area contributed by atoms with E-state index in [0.717, 1.165) is 0 Å². The van der Waals surface area contributed by atoms with Gasteiger partial charge in [0.2, 0.25) is 8.03 Å². The maximum atomic E-state index is 12.0. The second kappa shape index (κ2) is 6.73. The number of benzene rings is 1. The Kier molecular flexibility index (Phi) is 5.88. The highest BCUT2D eigenvalue weighted by Crippen LogP contribution is 2.31. The monoisotopic (exact) mass is 310 g/mol. The van der Waals surface area contributed by atoms with Crippen LogP contribution in [0.4, 0.5) is 0 Å². The summed E-state index contributed by atoms with van der Waals surface area (Å²) in [5.74, 6) is 0. The van der Waals surface area contributed by atoms with Crippen molar-refractivity contribution in [2.45, 2.75) is 23.1 Å². The molecule has 8 heteroatoms. The summed E-state index contributed by atoms with van der Waals surface area (Å²) in [4.78, 5) is 9.34. The Morgan fingerprint density at radius 1 is 1.44 bits per heavy atom. The van der Waals surface area contributed by atoms with E-state index in [0.29, 0.717) is 16.9 Å². The van der Waals surface area contributed by atoms with Crippen LogP contribution in [0.5, 0.6) is 0 Å². The Labute approximate surface area is 112 Å². The molecular weight excluding hydrogens is 295 g/mol. The zero-order valence-corrected chi connectivity index (χ0v) is 12.7. The summed E-state index contributed by atoms with van der Waals surface area (Å²) in [5.41, 5.74) is 0.638. The van der Waals surface area contributed by atoms with Gasteiger partial charge in [0, 0.05) is 4.90 Å². The van der Waals surface area contributed by atoms with Gasteiger partial charge < -0.3 is 4.89 Å². The Hall–Kier alpha value is -0.330. The van der Waals surface area contributed by atoms with Gasteiger partial charge >= 0.3 is 0 Å². The molecular formula is C10H15O5PS2. The molecule has 1 atom stereocenters. The number of thioether (sulfide) groups is 1. The van der Waals surface area contributed by atoms with Gasteiger partial charge in [-0.3, -0.25) is 8.75 Å². The van der Waals surface area contributed by atoms with E-state index < -0.39 is 24.5 Å². The number of hydrogen-bond acceptors (Lipinski definition) is 5. The maximum absolute atomic E-state index is 12.0. The lowest BCUT2D eigenvalue weighted by Crippen LogP contribution is -2.10. The number of aryl methyl sites for hydroxylation is 1. The van der Waals surface area contributed by atoms with Crippen LogP contribution in [0.3, 0.4) is 0 Å². The van der Waals surface area contributed by atoms with Gasteiger partial charge in [-0.25, -0.2) is 0 Å². The molecule has 5 nitrogen and oxygen atoms in total. The van der Waals surface area contributed by atoms with Gasteiger partial charge in [0.15, 0.2) is 0 Å². The normalized spacial score (nSPS) is 13.5. The summed E-state index contributed by atoms with van der Waals surface area (Å²) in [7, 11) is -6.97. The average molecular weight is 310 g/mol. The van der Waals surface area contributed by atoms with Gasteiger partial charge in [-0.05, 0) is 24.3 Å². The minimum absolute atomic E-state index is 0.100. The second-order valence-electron chi connectivity index (χ2n) is 3.41. The van der Waals surface area contributed by atoms with Crippen molar-refractivity contribution in [1.82, 2.24) is 0 Å². The SMILES string of the molecule is CCc1cccc(SC)c1S(=O)(=O)OC[PH](=O)O. The van der Waals surface area contributed by atoms with Gasteiger partial charge in [0.05, 0.1) is 0 Å². The molecule has 1 N–H and O–H groups in total. The van der Waals surface area contributed by atoms with Crippen LogP contribution in [0.15, 0.2) is 28.0 Å². The first-order valence-electron chi connectivity index (χ1n) is 5.19. The molecule has 18 heavy (non-hydrogen) atoms. The van der Waals surface area contributed by atoms with Crippen molar-refractivity contribution in [2.24, 2.45) is 0 Å². The predicted molar refractivity (Wildman–Crippen MR) is 72.0 cm³/mol. The highest BCUT2D eigenvalue weighted by Gasteiger charge is 2.23. The van der Waals surface area contributed by atoms with Crippen LogP contribution in [0.25, 0.3) is 0 Å². The molecule has 0 saturated carbocycles. The van der Waals surface area contributed by atoms with Crippen LogP contribution in [0.1, 0.15) is 12.5 Å². The fourth-order valence-electron chi connectivity index (χ4n) is 1.47. The molecule has 0 heterocycles. The average Bonchev–Trinajstić information content (AvgIpc) is 2.35. The highest BCUT2D eigenvalue weighted by atomic mass is 32.2. The van der Waals surface area contributed by atoms with E-state index in [1.807, 2.05) is 6.92 Å². The number of hydrogen-bond donors (Lipinski definition) is 1. The highest BCUT2D eigenvalue weighted by molar-refractivity contribution is 7.99. The van der Waals surface area contributed by atoms with Crippen molar-refractivity contribution in [3.63, 3.8) is 0 Å². The lowest BCUT2D eigenvalue weighted by Gasteiger charge is -2.12. The largest absolute Gasteiger partial charge is 0.345 e. The summed E-state index contributed by atoms with van der Waals surface area (Å²) in [5, 5.41) is 0. The molecule has 0 spiro atoms. The van der Waals surface area contributed by atoms with Crippen molar-refractivity contribution in [3.05, 3.63) is 23.8 Å². The molecule has 0 aliphatic rings. The van der Waals surface area contributed by atoms with Crippen molar-refractivity contribution >= 4 is 29.9 Å². The molecule has 0 aromatic heterocycles. The van der Waals surface area contributed by atoms with E-state index in [1.165, 1.54) is 11.8 Å². The zero-order valence-electron chi connectivity index (χ0n) is 10.0. The Bertz CT molecular complexity index is 519. The summed E-state index contributed by atoms with van der Waals surface area (Å²) in [6.45, 7) is 1.84. The molecule has 0 aliphatic heterocycles. The fourth-order valence-corrected chi connectivity index (χ4v) is 4.55. The van der Waals surface area contributed by atoms with Gasteiger partial charge in [-0.2, -0.15) is 8.42 Å². The summed E-state index contributed by atoms with van der Waals surface area (Å²) in [6.07, 6.45) is 1.63. The second-order valence-corrected chi connectivity index (χ2v) is 6.89. The summed E-state index contributed by atoms with van der Waals surface area (Å²) in [6, 6.07) is 5.17. The molecule has 1 rings (SSSR count). The minimum atomic E-state index is -4.00. The smallest absolute Gasteiger partial charge is 0.298 e. The van der Waals surface area contributed by atoms with Crippen molar-refractivity contribution in [3.8, 4) is 0 Å². The lowest BCUT2D eigenvalue weighted by molar-refractivity contribution is 0.354. The first kappa shape index (κ1) is 15.7. The van der Waals surface area contributed by atoms with Crippen LogP contribution < -0.4 is 0 Å². The molecule has 0 radical (unpaired) electrons. The standard InChI is InChI=1S/C10H15O5PS2/c1-3-8-5-4-6-9(17-2)10(8)18(13,14)15-7-16(11)12/h4-6,16H,3,7H2,1-2H3,(H,11,12). The Morgan fingerprint density at radius 3 is 2.61 bits per heavy atom. The quantitative estimate of drug-likeness (QED) is 0.492. The maximum Gasteiger partial charge on any atom is 0.298 e. The van der Waals surface area contributed by atoms with Gasteiger partial charge in [-0.15, -0.1) is 11.8 Å². The molecule has 1 aromatic rings. The molecule has 0 amide bonds. The molecule has 0 saturated heterocycles. The van der Waals surface area contributed by atoms with Crippen LogP contribution in [-0.2, 0) is 25.3 Å². The summed E-state index contributed by atoms with van der Waals surface area (Å²) < 4.78 is 39.2. The summed E-state index contributed by atoms with van der Waals surface area (Å²) >= 11 is 1.29. The minimum Gasteiger partial charge on any atom is -0.345 e. The fraction of sp³-hybridized carbons (Fsp3) is 0.400. The van der Waals surface area contributed by atoms with Crippen LogP contribution >= 0.6 is 19.8 Å². The molecule has 1 unspecified atom stereocenters. The van der Waals surface area contributed by atoms with E-state index in [1.54, 1.807) is 24.5 Å². The van der Waals surface area contributed by atoms with Crippen LogP contribution in [-0.4, -0.2) is 25.9 Å². The first-order valence-corrected chi connectivity index (χ1v) is 9.39. The van der Waals surface area contributed by atoms with E-state index in [4.69, 9.17) is 4.89 Å². The van der Waals surface area contributed by atoms with Gasteiger partial charge in [-0.1, -0.05) is 19.1 Å². The molecule has 102 valence electrons. The van der Waals surface area contributed by atoms with Crippen LogP contribution in [0, 0.1) is 0 Å². The zero-order chi connectivity index (χ0) is 13.8. The predicted octanol–water partition coefficient (Wildman–Crippen LogP) is 2.10. The van der Waals surface area contributed by atoms with E-state index >= 15 is 0 Å². The third-order valence-corrected chi connectivity index (χ3v) is 5.17. The van der Waals surface area contributed by atoms with Crippen molar-refractivity contribution < 1.29 is 22.1 Å². The lowest BCUT2D eigenvalue weighted by atomic mass is 10.2. The number of rotatable bonds is 6. The Balaban J connectivity index is 3.25. The molecule has 0 aliphatic carbocycles. The Morgan fingerprint density at radius 2 is 2.11 bits per heavy atom. The topological polar surface area (TPSA) is 80.7 Å². The van der Waals surface area contributed by atoms with Crippen molar-refractivity contribution in [2.75, 3.05) is 12.6 Å².